The van der Waals surface area contributed by atoms with Crippen LogP contribution in [0.1, 0.15) is 18.5 Å². The van der Waals surface area contributed by atoms with E-state index >= 15 is 0 Å². The maximum absolute atomic E-state index is 11.9. The van der Waals surface area contributed by atoms with E-state index < -0.39 is 17.9 Å². The summed E-state index contributed by atoms with van der Waals surface area (Å²) in [7, 11) is 0. The molecule has 0 fully saturated rings. The normalized spacial score (nSPS) is 12.0. The fraction of sp³-hybridized carbons (Fsp3) is 0.333. The average molecular weight is 331 g/mol. The van der Waals surface area contributed by atoms with Gasteiger partial charge in [0.05, 0.1) is 13.2 Å². The van der Waals surface area contributed by atoms with Gasteiger partial charge in [-0.15, -0.1) is 0 Å². The molecule has 0 aliphatic rings. The maximum atomic E-state index is 11.9. The molecule has 6 heteroatoms. The summed E-state index contributed by atoms with van der Waals surface area (Å²) in [6.45, 7) is 2.93. The Morgan fingerprint density at radius 3 is 2.50 bits per heavy atom. The second-order valence-electron chi connectivity index (χ2n) is 5.19. The van der Waals surface area contributed by atoms with Gasteiger partial charge in [0.1, 0.15) is 6.61 Å². The summed E-state index contributed by atoms with van der Waals surface area (Å²) in [5.74, 6) is -1.60. The van der Waals surface area contributed by atoms with Crippen molar-refractivity contribution in [1.82, 2.24) is 5.32 Å². The smallest absolute Gasteiger partial charge is 0.330 e. The highest BCUT2D eigenvalue weighted by Gasteiger charge is 2.22. The van der Waals surface area contributed by atoms with Crippen LogP contribution in [0.5, 0.6) is 0 Å². The lowest BCUT2D eigenvalue weighted by molar-refractivity contribution is -0.142. The summed E-state index contributed by atoms with van der Waals surface area (Å²) in [6, 6.07) is 11.8. The molecule has 0 bridgehead atoms. The largest absolute Gasteiger partial charge is 0.479 e. The van der Waals surface area contributed by atoms with Crippen LogP contribution >= 0.6 is 0 Å². The number of carbonyl (C=O) groups excluding carboxylic acids is 1. The van der Waals surface area contributed by atoms with E-state index in [1.54, 1.807) is 12.1 Å². The Bertz CT molecular complexity index is 701. The van der Waals surface area contributed by atoms with Crippen LogP contribution in [0.25, 0.3) is 10.8 Å². The van der Waals surface area contributed by atoms with Crippen molar-refractivity contribution in [2.24, 2.45) is 0 Å². The third-order valence-corrected chi connectivity index (χ3v) is 3.47. The molecule has 0 saturated carbocycles. The van der Waals surface area contributed by atoms with E-state index in [0.29, 0.717) is 18.8 Å². The first-order valence-electron chi connectivity index (χ1n) is 7.78. The molecule has 6 nitrogen and oxygen atoms in total. The Hall–Kier alpha value is -2.44. The second kappa shape index (κ2) is 9.00. The third kappa shape index (κ3) is 5.04. The van der Waals surface area contributed by atoms with Gasteiger partial charge in [-0.05, 0) is 29.3 Å². The number of carboxylic acids is 1. The van der Waals surface area contributed by atoms with Gasteiger partial charge in [0.2, 0.25) is 5.91 Å². The number of rotatable bonds is 9. The molecule has 0 aromatic heterocycles. The Kier molecular flexibility index (Phi) is 6.72. The van der Waals surface area contributed by atoms with Crippen LogP contribution in [-0.2, 0) is 19.1 Å². The van der Waals surface area contributed by atoms with E-state index in [9.17, 15) is 14.7 Å². The molecule has 24 heavy (non-hydrogen) atoms. The van der Waals surface area contributed by atoms with Crippen molar-refractivity contribution >= 4 is 22.6 Å². The van der Waals surface area contributed by atoms with Crippen LogP contribution in [0, 0.1) is 0 Å². The molecular weight excluding hydrogens is 310 g/mol. The van der Waals surface area contributed by atoms with Gasteiger partial charge in [-0.2, -0.15) is 0 Å². The van der Waals surface area contributed by atoms with Crippen LogP contribution < -0.4 is 5.32 Å². The Morgan fingerprint density at radius 2 is 1.79 bits per heavy atom. The van der Waals surface area contributed by atoms with Crippen molar-refractivity contribution in [1.29, 1.82) is 0 Å². The van der Waals surface area contributed by atoms with Crippen molar-refractivity contribution in [3.63, 3.8) is 0 Å². The van der Waals surface area contributed by atoms with Gasteiger partial charge >= 0.3 is 5.97 Å². The topological polar surface area (TPSA) is 84.9 Å². The average Bonchev–Trinajstić information content (AvgIpc) is 2.59. The summed E-state index contributed by atoms with van der Waals surface area (Å²) in [4.78, 5) is 23.4. The number of benzene rings is 2. The maximum Gasteiger partial charge on any atom is 0.330 e. The standard InChI is InChI=1S/C18H21NO5/c1-2-23-9-10-24-12-16(20)19-17(18(21)22)15-8-7-13-5-3-4-6-14(13)11-15/h3-8,11,17H,2,9-10,12H2,1H3,(H,19,20)(H,21,22). The van der Waals surface area contributed by atoms with Crippen LogP contribution in [0.2, 0.25) is 0 Å². The molecule has 0 aliphatic heterocycles. The van der Waals surface area contributed by atoms with Crippen LogP contribution in [-0.4, -0.2) is 43.4 Å². The van der Waals surface area contributed by atoms with E-state index in [1.165, 1.54) is 0 Å². The first-order valence-corrected chi connectivity index (χ1v) is 7.78. The van der Waals surface area contributed by atoms with Gasteiger partial charge in [0.25, 0.3) is 0 Å². The number of ether oxygens (including phenoxy) is 2. The fourth-order valence-corrected chi connectivity index (χ4v) is 2.30. The van der Waals surface area contributed by atoms with Crippen molar-refractivity contribution in [3.05, 3.63) is 48.0 Å². The van der Waals surface area contributed by atoms with E-state index in [-0.39, 0.29) is 13.2 Å². The van der Waals surface area contributed by atoms with Gasteiger partial charge in [0.15, 0.2) is 6.04 Å². The van der Waals surface area contributed by atoms with Crippen LogP contribution in [0.3, 0.4) is 0 Å². The van der Waals surface area contributed by atoms with Gasteiger partial charge in [-0.3, -0.25) is 4.79 Å². The molecule has 2 aromatic rings. The molecule has 0 heterocycles. The predicted molar refractivity (Wildman–Crippen MR) is 89.8 cm³/mol. The fourth-order valence-electron chi connectivity index (χ4n) is 2.30. The number of aliphatic carboxylic acids is 1. The monoisotopic (exact) mass is 331 g/mol. The molecule has 1 atom stereocenters. The van der Waals surface area contributed by atoms with Crippen molar-refractivity contribution in [2.75, 3.05) is 26.4 Å². The Morgan fingerprint density at radius 1 is 1.08 bits per heavy atom. The summed E-state index contributed by atoms with van der Waals surface area (Å²) in [5, 5.41) is 13.8. The Balaban J connectivity index is 2.00. The lowest BCUT2D eigenvalue weighted by atomic mass is 10.0. The molecule has 0 saturated heterocycles. The lowest BCUT2D eigenvalue weighted by Crippen LogP contribution is -2.36. The van der Waals surface area contributed by atoms with Crippen LogP contribution in [0.15, 0.2) is 42.5 Å². The van der Waals surface area contributed by atoms with E-state index in [2.05, 4.69) is 5.32 Å². The minimum Gasteiger partial charge on any atom is -0.479 e. The number of hydrogen-bond donors (Lipinski definition) is 2. The number of nitrogens with one attached hydrogen (secondary N) is 1. The highest BCUT2D eigenvalue weighted by atomic mass is 16.5. The minimum absolute atomic E-state index is 0.204. The zero-order valence-corrected chi connectivity index (χ0v) is 13.5. The molecule has 0 radical (unpaired) electrons. The predicted octanol–water partition coefficient (Wildman–Crippen LogP) is 2.13. The highest BCUT2D eigenvalue weighted by molar-refractivity contribution is 5.88. The molecule has 2 aromatic carbocycles. The van der Waals surface area contributed by atoms with Gasteiger partial charge in [-0.1, -0.05) is 36.4 Å². The summed E-state index contributed by atoms with van der Waals surface area (Å²) in [6.07, 6.45) is 0. The molecular formula is C18H21NO5. The Labute approximate surface area is 140 Å². The van der Waals surface area contributed by atoms with E-state index in [4.69, 9.17) is 9.47 Å². The molecule has 0 aliphatic carbocycles. The minimum atomic E-state index is -1.12. The first kappa shape index (κ1) is 17.9. The van der Waals surface area contributed by atoms with Gasteiger partial charge in [0, 0.05) is 6.61 Å². The highest BCUT2D eigenvalue weighted by Crippen LogP contribution is 2.20. The molecule has 2 N–H and O–H groups in total. The SMILES string of the molecule is CCOCCOCC(=O)NC(C(=O)O)c1ccc2ccccc2c1. The molecule has 0 spiro atoms. The van der Waals surface area contributed by atoms with Gasteiger partial charge < -0.3 is 19.9 Å². The van der Waals surface area contributed by atoms with Crippen molar-refractivity contribution in [2.45, 2.75) is 13.0 Å². The quantitative estimate of drug-likeness (QED) is 0.688. The first-order chi connectivity index (χ1) is 11.6. The number of carboxylic acid groups (broad SMARTS) is 1. The molecule has 128 valence electrons. The summed E-state index contributed by atoms with van der Waals surface area (Å²) in [5.41, 5.74) is 0.517. The van der Waals surface area contributed by atoms with Crippen molar-refractivity contribution < 1.29 is 24.2 Å². The molecule has 1 unspecified atom stereocenters. The van der Waals surface area contributed by atoms with E-state index in [0.717, 1.165) is 10.8 Å². The zero-order valence-electron chi connectivity index (χ0n) is 13.5. The number of hydrogen-bond acceptors (Lipinski definition) is 4. The van der Waals surface area contributed by atoms with Gasteiger partial charge in [-0.25, -0.2) is 4.79 Å². The lowest BCUT2D eigenvalue weighted by Gasteiger charge is -2.15. The third-order valence-electron chi connectivity index (χ3n) is 3.47. The number of fused-ring (bicyclic) bond motifs is 1. The second-order valence-corrected chi connectivity index (χ2v) is 5.19. The molecule has 1 amide bonds. The van der Waals surface area contributed by atoms with Crippen molar-refractivity contribution in [3.8, 4) is 0 Å². The zero-order chi connectivity index (χ0) is 17.4. The summed E-state index contributed by atoms with van der Waals surface area (Å²) < 4.78 is 10.2. The number of amides is 1. The summed E-state index contributed by atoms with van der Waals surface area (Å²) >= 11 is 0. The number of carbonyl (C=O) groups is 2. The molecule has 2 rings (SSSR count). The van der Waals surface area contributed by atoms with E-state index in [1.807, 2.05) is 37.3 Å². The van der Waals surface area contributed by atoms with Crippen LogP contribution in [0.4, 0.5) is 0 Å².